The lowest BCUT2D eigenvalue weighted by Gasteiger charge is -2.50. The van der Waals surface area contributed by atoms with E-state index in [-0.39, 0.29) is 35.8 Å². The van der Waals surface area contributed by atoms with Crippen LogP contribution in [0.25, 0.3) is 12.2 Å². The SMILES string of the molecule is COc1ccc(OC)c(C=Cc2ccc(N3C(=O)C4CC=C5C(CC6(Cl)C(=O)N(C)C(=O)C6(Cl)C5c5c(O)cccc5OC)C4C3=O)cc2)c1. The van der Waals surface area contributed by atoms with Crippen LogP contribution in [0.15, 0.2) is 72.3 Å². The van der Waals surface area contributed by atoms with Gasteiger partial charge in [0.2, 0.25) is 11.8 Å². The van der Waals surface area contributed by atoms with Crippen molar-refractivity contribution in [3.8, 4) is 23.0 Å². The number of rotatable bonds is 7. The largest absolute Gasteiger partial charge is 0.508 e. The normalized spacial score (nSPS) is 28.8. The van der Waals surface area contributed by atoms with Crippen molar-refractivity contribution >= 4 is 64.7 Å². The van der Waals surface area contributed by atoms with Gasteiger partial charge in [-0.05, 0) is 66.8 Å². The molecule has 0 bridgehead atoms. The second kappa shape index (κ2) is 12.2. The number of methoxy groups -OCH3 is 3. The lowest BCUT2D eigenvalue weighted by molar-refractivity contribution is -0.138. The Kier molecular flexibility index (Phi) is 8.22. The maximum Gasteiger partial charge on any atom is 0.253 e. The van der Waals surface area contributed by atoms with Crippen molar-refractivity contribution in [2.24, 2.45) is 17.8 Å². The molecule has 4 amide bonds. The molecular weight excluding hydrogens is 683 g/mol. The Balaban J connectivity index is 1.24. The highest BCUT2D eigenvalue weighted by Crippen LogP contribution is 2.67. The topological polar surface area (TPSA) is 123 Å². The summed E-state index contributed by atoms with van der Waals surface area (Å²) in [7, 11) is 5.91. The summed E-state index contributed by atoms with van der Waals surface area (Å²) in [6.07, 6.45) is 5.61. The maximum absolute atomic E-state index is 14.4. The first-order valence-corrected chi connectivity index (χ1v) is 16.8. The Hall–Kier alpha value is -4.80. The predicted octanol–water partition coefficient (Wildman–Crippen LogP) is 5.78. The molecule has 2 saturated heterocycles. The Labute approximate surface area is 298 Å². The number of aromatic hydroxyl groups is 1. The number of likely N-dealkylation sites (tertiary alicyclic amines) is 1. The Morgan fingerprint density at radius 2 is 1.56 bits per heavy atom. The average Bonchev–Trinajstić information content (AvgIpc) is 3.45. The Morgan fingerprint density at radius 1 is 0.840 bits per heavy atom. The van der Waals surface area contributed by atoms with Gasteiger partial charge in [0.05, 0.1) is 38.9 Å². The van der Waals surface area contributed by atoms with Crippen LogP contribution in [0.1, 0.15) is 35.4 Å². The molecule has 1 saturated carbocycles. The average molecular weight is 718 g/mol. The smallest absolute Gasteiger partial charge is 0.253 e. The van der Waals surface area contributed by atoms with Crippen LogP contribution in [-0.2, 0) is 19.2 Å². The van der Waals surface area contributed by atoms with Crippen LogP contribution < -0.4 is 19.1 Å². The lowest BCUT2D eigenvalue weighted by Crippen LogP contribution is -2.60. The van der Waals surface area contributed by atoms with E-state index >= 15 is 0 Å². The highest BCUT2D eigenvalue weighted by Gasteiger charge is 2.76. The van der Waals surface area contributed by atoms with E-state index in [1.807, 2.05) is 36.4 Å². The number of carbonyl (C=O) groups is 4. The predicted molar refractivity (Wildman–Crippen MR) is 188 cm³/mol. The number of hydrogen-bond acceptors (Lipinski definition) is 8. The van der Waals surface area contributed by atoms with Crippen LogP contribution in [0.4, 0.5) is 5.69 Å². The highest BCUT2D eigenvalue weighted by molar-refractivity contribution is 6.53. The minimum atomic E-state index is -2.04. The zero-order valence-corrected chi connectivity index (χ0v) is 29.2. The first-order chi connectivity index (χ1) is 23.9. The summed E-state index contributed by atoms with van der Waals surface area (Å²) >= 11 is 14.5. The van der Waals surface area contributed by atoms with Crippen LogP contribution in [0, 0.1) is 17.8 Å². The summed E-state index contributed by atoms with van der Waals surface area (Å²) in [5.41, 5.74) is 2.78. The molecule has 6 unspecified atom stereocenters. The number of alkyl halides is 2. The number of hydrogen-bond donors (Lipinski definition) is 1. The number of fused-ring (bicyclic) bond motifs is 4. The van der Waals surface area contributed by atoms with Crippen LogP contribution in [-0.4, -0.2) is 71.8 Å². The van der Waals surface area contributed by atoms with Crippen LogP contribution >= 0.6 is 23.2 Å². The van der Waals surface area contributed by atoms with E-state index in [0.717, 1.165) is 16.0 Å². The number of ether oxygens (including phenoxy) is 3. The fraction of sp³-hybridized carbons (Fsp3) is 0.316. The third-order valence-electron chi connectivity index (χ3n) is 10.6. The molecule has 258 valence electrons. The van der Waals surface area contributed by atoms with Crippen molar-refractivity contribution in [1.82, 2.24) is 4.90 Å². The second-order valence-electron chi connectivity index (χ2n) is 12.9. The molecule has 0 spiro atoms. The number of allylic oxidation sites excluding steroid dienone is 2. The minimum Gasteiger partial charge on any atom is -0.508 e. The molecule has 50 heavy (non-hydrogen) atoms. The van der Waals surface area contributed by atoms with Gasteiger partial charge in [-0.2, -0.15) is 0 Å². The summed E-state index contributed by atoms with van der Waals surface area (Å²) < 4.78 is 16.4. The van der Waals surface area contributed by atoms with Crippen molar-refractivity contribution in [1.29, 1.82) is 0 Å². The van der Waals surface area contributed by atoms with Gasteiger partial charge < -0.3 is 19.3 Å². The molecule has 6 atom stereocenters. The van der Waals surface area contributed by atoms with Gasteiger partial charge >= 0.3 is 0 Å². The molecule has 3 fully saturated rings. The van der Waals surface area contributed by atoms with Crippen molar-refractivity contribution in [2.75, 3.05) is 33.3 Å². The molecule has 2 aliphatic heterocycles. The zero-order valence-electron chi connectivity index (χ0n) is 27.7. The summed E-state index contributed by atoms with van der Waals surface area (Å²) in [5, 5.41) is 11.2. The van der Waals surface area contributed by atoms with E-state index in [4.69, 9.17) is 37.4 Å². The second-order valence-corrected chi connectivity index (χ2v) is 14.2. The molecule has 4 aliphatic rings. The number of anilines is 1. The number of phenols is 1. The Morgan fingerprint density at radius 3 is 2.24 bits per heavy atom. The number of amides is 4. The zero-order chi connectivity index (χ0) is 35.7. The molecule has 3 aromatic rings. The number of halogens is 2. The van der Waals surface area contributed by atoms with Gasteiger partial charge in [-0.25, -0.2) is 0 Å². The molecule has 0 aromatic heterocycles. The lowest BCUT2D eigenvalue weighted by atomic mass is 9.56. The van der Waals surface area contributed by atoms with Gasteiger partial charge in [0.1, 0.15) is 23.0 Å². The third kappa shape index (κ3) is 4.68. The minimum absolute atomic E-state index is 0.156. The van der Waals surface area contributed by atoms with Gasteiger partial charge in [-0.3, -0.25) is 29.0 Å². The standard InChI is InChI=1S/C38H34Cl2N2O8/c1-41-35(46)37(39)19-26-24(32(38(37,40)36(41)47)31-27(43)6-5-7-29(31)50-4)15-16-25-30(26)34(45)42(33(25)44)22-12-9-20(10-13-22)8-11-21-18-23(48-2)14-17-28(21)49-3/h5-15,17-18,25-26,30,32,43H,16,19H2,1-4H3. The summed E-state index contributed by atoms with van der Waals surface area (Å²) in [4.78, 5) is 54.0. The fourth-order valence-corrected chi connectivity index (χ4v) is 9.21. The van der Waals surface area contributed by atoms with Crippen molar-refractivity contribution < 1.29 is 38.5 Å². The van der Waals surface area contributed by atoms with Gasteiger partial charge in [0.15, 0.2) is 9.75 Å². The number of benzene rings is 3. The molecule has 12 heteroatoms. The van der Waals surface area contributed by atoms with Crippen molar-refractivity contribution in [2.45, 2.75) is 28.5 Å². The maximum atomic E-state index is 14.4. The molecule has 2 heterocycles. The van der Waals surface area contributed by atoms with Crippen LogP contribution in [0.3, 0.4) is 0 Å². The van der Waals surface area contributed by atoms with Crippen LogP contribution in [0.2, 0.25) is 0 Å². The van der Waals surface area contributed by atoms with E-state index in [0.29, 0.717) is 22.8 Å². The fourth-order valence-electron chi connectivity index (χ4n) is 8.21. The van der Waals surface area contributed by atoms with Gasteiger partial charge in [-0.1, -0.05) is 42.0 Å². The van der Waals surface area contributed by atoms with Crippen molar-refractivity contribution in [3.63, 3.8) is 0 Å². The van der Waals surface area contributed by atoms with E-state index in [1.165, 1.54) is 25.1 Å². The molecule has 10 nitrogen and oxygen atoms in total. The summed E-state index contributed by atoms with van der Waals surface area (Å²) in [6.45, 7) is 0. The van der Waals surface area contributed by atoms with Gasteiger partial charge in [-0.15, -0.1) is 23.2 Å². The highest BCUT2D eigenvalue weighted by atomic mass is 35.5. The van der Waals surface area contributed by atoms with E-state index in [9.17, 15) is 24.3 Å². The number of carbonyl (C=O) groups excluding carboxylic acids is 4. The van der Waals surface area contributed by atoms with Gasteiger partial charge in [0, 0.05) is 24.1 Å². The molecular formula is C38H34Cl2N2O8. The first-order valence-electron chi connectivity index (χ1n) is 16.1. The molecule has 2 aliphatic carbocycles. The summed E-state index contributed by atoms with van der Waals surface area (Å²) in [6, 6.07) is 17.1. The Bertz CT molecular complexity index is 2010. The van der Waals surface area contributed by atoms with E-state index < -0.39 is 51.1 Å². The van der Waals surface area contributed by atoms with E-state index in [1.54, 1.807) is 50.6 Å². The van der Waals surface area contributed by atoms with Crippen LogP contribution in [0.5, 0.6) is 23.0 Å². The number of imide groups is 2. The summed E-state index contributed by atoms with van der Waals surface area (Å²) in [5.74, 6) is -4.32. The first kappa shape index (κ1) is 33.7. The van der Waals surface area contributed by atoms with Gasteiger partial charge in [0.25, 0.3) is 11.8 Å². The van der Waals surface area contributed by atoms with E-state index in [2.05, 4.69) is 0 Å². The number of phenolic OH excluding ortho intramolecular Hbond substituents is 1. The number of nitrogens with zero attached hydrogens (tertiary/aromatic N) is 2. The third-order valence-corrected chi connectivity index (χ3v) is 12.0. The van der Waals surface area contributed by atoms with Crippen molar-refractivity contribution in [3.05, 3.63) is 89.0 Å². The molecule has 7 rings (SSSR count). The molecule has 3 aromatic carbocycles. The molecule has 0 radical (unpaired) electrons. The monoisotopic (exact) mass is 716 g/mol. The molecule has 1 N–H and O–H groups in total. The quantitative estimate of drug-likeness (QED) is 0.141.